The Morgan fingerprint density at radius 2 is 1.96 bits per heavy atom. The highest BCUT2D eigenvalue weighted by Gasteiger charge is 2.40. The van der Waals surface area contributed by atoms with Gasteiger partial charge in [-0.05, 0) is 70.6 Å². The van der Waals surface area contributed by atoms with Gasteiger partial charge in [0, 0.05) is 24.1 Å². The van der Waals surface area contributed by atoms with Crippen LogP contribution >= 0.6 is 0 Å². The number of fused-ring (bicyclic) bond motifs is 1. The maximum absolute atomic E-state index is 13.2. The van der Waals surface area contributed by atoms with Crippen molar-refractivity contribution in [1.29, 1.82) is 0 Å². The molecule has 0 spiro atoms. The Hall–Kier alpha value is -2.04. The van der Waals surface area contributed by atoms with Crippen molar-refractivity contribution in [2.24, 2.45) is 5.92 Å². The van der Waals surface area contributed by atoms with Crippen LogP contribution in [-0.4, -0.2) is 42.1 Å². The Morgan fingerprint density at radius 3 is 2.65 bits per heavy atom. The Bertz CT molecular complexity index is 692. The Balaban J connectivity index is 1.84. The van der Waals surface area contributed by atoms with Crippen molar-refractivity contribution in [3.63, 3.8) is 0 Å². The van der Waals surface area contributed by atoms with Crippen LogP contribution in [0, 0.1) is 5.92 Å². The second kappa shape index (κ2) is 7.29. The zero-order chi connectivity index (χ0) is 18.9. The van der Waals surface area contributed by atoms with E-state index in [1.807, 2.05) is 39.0 Å². The van der Waals surface area contributed by atoms with Crippen LogP contribution in [0.5, 0.6) is 5.75 Å². The second-order valence-corrected chi connectivity index (χ2v) is 8.27. The van der Waals surface area contributed by atoms with Crippen molar-refractivity contribution in [1.82, 2.24) is 4.90 Å². The molecule has 2 aliphatic rings. The third-order valence-electron chi connectivity index (χ3n) is 5.29. The first kappa shape index (κ1) is 18.7. The minimum absolute atomic E-state index is 0.0783. The average molecular weight is 359 g/mol. The zero-order valence-electron chi connectivity index (χ0n) is 16.2. The number of aryl methyl sites for hydroxylation is 1. The van der Waals surface area contributed by atoms with E-state index in [1.165, 1.54) is 0 Å². The van der Waals surface area contributed by atoms with E-state index in [2.05, 4.69) is 0 Å². The number of ether oxygens (including phenoxy) is 2. The van der Waals surface area contributed by atoms with Crippen LogP contribution in [0.2, 0.25) is 0 Å². The molecule has 0 aromatic heterocycles. The van der Waals surface area contributed by atoms with Gasteiger partial charge in [0.1, 0.15) is 11.4 Å². The van der Waals surface area contributed by atoms with Gasteiger partial charge < -0.3 is 14.4 Å². The van der Waals surface area contributed by atoms with Crippen molar-refractivity contribution >= 4 is 11.9 Å². The van der Waals surface area contributed by atoms with Gasteiger partial charge in [-0.1, -0.05) is 6.07 Å². The molecule has 0 radical (unpaired) electrons. The SMILES string of the molecule is COc1ccc2c(c1)C(=O)C(C1CCCCN1C(=O)OC(C)(C)C)CC2. The molecule has 0 N–H and O–H groups in total. The molecule has 5 nitrogen and oxygen atoms in total. The van der Waals surface area contributed by atoms with Gasteiger partial charge >= 0.3 is 6.09 Å². The Kier molecular flexibility index (Phi) is 5.26. The first-order chi connectivity index (χ1) is 12.3. The van der Waals surface area contributed by atoms with E-state index < -0.39 is 5.60 Å². The minimum atomic E-state index is -0.532. The van der Waals surface area contributed by atoms with Crippen molar-refractivity contribution < 1.29 is 19.1 Å². The third-order valence-corrected chi connectivity index (χ3v) is 5.29. The molecule has 142 valence electrons. The van der Waals surface area contributed by atoms with Gasteiger partial charge in [0.2, 0.25) is 0 Å². The number of rotatable bonds is 2. The maximum Gasteiger partial charge on any atom is 0.410 e. The van der Waals surface area contributed by atoms with Crippen LogP contribution in [0.4, 0.5) is 4.79 Å². The Labute approximate surface area is 155 Å². The predicted molar refractivity (Wildman–Crippen MR) is 99.7 cm³/mol. The molecule has 1 heterocycles. The number of hydrogen-bond acceptors (Lipinski definition) is 4. The summed E-state index contributed by atoms with van der Waals surface area (Å²) in [6.45, 7) is 6.28. The van der Waals surface area contributed by atoms with Crippen LogP contribution in [0.1, 0.15) is 62.4 Å². The summed E-state index contributed by atoms with van der Waals surface area (Å²) in [4.78, 5) is 27.7. The predicted octanol–water partition coefficient (Wildman–Crippen LogP) is 4.23. The number of likely N-dealkylation sites (tertiary alicyclic amines) is 1. The van der Waals surface area contributed by atoms with E-state index in [9.17, 15) is 9.59 Å². The fourth-order valence-electron chi connectivity index (χ4n) is 4.06. The molecule has 0 bridgehead atoms. The van der Waals surface area contributed by atoms with E-state index in [1.54, 1.807) is 12.0 Å². The highest BCUT2D eigenvalue weighted by Crippen LogP contribution is 2.35. The van der Waals surface area contributed by atoms with Crippen LogP contribution < -0.4 is 4.74 Å². The van der Waals surface area contributed by atoms with Gasteiger partial charge in [0.15, 0.2) is 5.78 Å². The smallest absolute Gasteiger partial charge is 0.410 e. The lowest BCUT2D eigenvalue weighted by Gasteiger charge is -2.41. The lowest BCUT2D eigenvalue weighted by Crippen LogP contribution is -2.51. The molecule has 1 fully saturated rings. The summed E-state index contributed by atoms with van der Waals surface area (Å²) >= 11 is 0. The largest absolute Gasteiger partial charge is 0.497 e. The van der Waals surface area contributed by atoms with Crippen LogP contribution in [0.25, 0.3) is 0 Å². The molecule has 1 aliphatic heterocycles. The van der Waals surface area contributed by atoms with Gasteiger partial charge in [0.05, 0.1) is 7.11 Å². The first-order valence-corrected chi connectivity index (χ1v) is 9.51. The van der Waals surface area contributed by atoms with Crippen molar-refractivity contribution in [2.75, 3.05) is 13.7 Å². The summed E-state index contributed by atoms with van der Waals surface area (Å²) in [5.41, 5.74) is 1.29. The van der Waals surface area contributed by atoms with Gasteiger partial charge in [-0.15, -0.1) is 0 Å². The number of piperidine rings is 1. The summed E-state index contributed by atoms with van der Waals surface area (Å²) in [5.74, 6) is 0.665. The summed E-state index contributed by atoms with van der Waals surface area (Å²) in [6, 6.07) is 5.64. The topological polar surface area (TPSA) is 55.8 Å². The van der Waals surface area contributed by atoms with Crippen LogP contribution in [0.3, 0.4) is 0 Å². The molecule has 1 aromatic rings. The number of Topliss-reactive ketones (excluding diaryl/α,β-unsaturated/α-hetero) is 1. The summed E-state index contributed by atoms with van der Waals surface area (Å²) in [6.07, 6.45) is 4.19. The molecular weight excluding hydrogens is 330 g/mol. The highest BCUT2D eigenvalue weighted by molar-refractivity contribution is 6.01. The molecule has 2 unspecified atom stereocenters. The molecule has 1 saturated heterocycles. The number of carbonyl (C=O) groups excluding carboxylic acids is 2. The van der Waals surface area contributed by atoms with E-state index in [0.717, 1.165) is 43.2 Å². The zero-order valence-corrected chi connectivity index (χ0v) is 16.2. The molecule has 26 heavy (non-hydrogen) atoms. The van der Waals surface area contributed by atoms with Gasteiger partial charge in [-0.3, -0.25) is 4.79 Å². The summed E-state index contributed by atoms with van der Waals surface area (Å²) in [7, 11) is 1.61. The van der Waals surface area contributed by atoms with E-state index in [4.69, 9.17) is 9.47 Å². The lowest BCUT2D eigenvalue weighted by atomic mass is 9.76. The second-order valence-electron chi connectivity index (χ2n) is 8.27. The van der Waals surface area contributed by atoms with Crippen LogP contribution in [-0.2, 0) is 11.2 Å². The number of ketones is 1. The molecular formula is C21H29NO4. The standard InChI is InChI=1S/C21H29NO4/c1-21(2,3)26-20(24)22-12-6-5-7-18(22)16-11-9-14-8-10-15(25-4)13-17(14)19(16)23/h8,10,13,16,18H,5-7,9,11-12H2,1-4H3. The van der Waals surface area contributed by atoms with E-state index >= 15 is 0 Å². The van der Waals surface area contributed by atoms with Crippen molar-refractivity contribution in [2.45, 2.75) is 64.5 Å². The highest BCUT2D eigenvalue weighted by atomic mass is 16.6. The lowest BCUT2D eigenvalue weighted by molar-refractivity contribution is 0.00184. The number of benzene rings is 1. The number of nitrogens with zero attached hydrogens (tertiary/aromatic N) is 1. The minimum Gasteiger partial charge on any atom is -0.497 e. The maximum atomic E-state index is 13.2. The first-order valence-electron chi connectivity index (χ1n) is 9.51. The number of hydrogen-bond donors (Lipinski definition) is 0. The third kappa shape index (κ3) is 3.87. The number of carbonyl (C=O) groups is 2. The fraction of sp³-hybridized carbons (Fsp3) is 0.619. The van der Waals surface area contributed by atoms with Crippen molar-refractivity contribution in [3.05, 3.63) is 29.3 Å². The van der Waals surface area contributed by atoms with E-state index in [0.29, 0.717) is 12.3 Å². The monoisotopic (exact) mass is 359 g/mol. The summed E-state index contributed by atoms with van der Waals surface area (Å²) in [5, 5.41) is 0. The number of amides is 1. The normalized spacial score (nSPS) is 23.4. The van der Waals surface area contributed by atoms with Gasteiger partial charge in [-0.25, -0.2) is 4.79 Å². The molecule has 1 amide bonds. The molecule has 2 atom stereocenters. The van der Waals surface area contributed by atoms with Gasteiger partial charge in [0.25, 0.3) is 0 Å². The Morgan fingerprint density at radius 1 is 1.19 bits per heavy atom. The van der Waals surface area contributed by atoms with Crippen molar-refractivity contribution in [3.8, 4) is 5.75 Å². The fourth-order valence-corrected chi connectivity index (χ4v) is 4.06. The molecule has 3 rings (SSSR count). The number of methoxy groups -OCH3 is 1. The quantitative estimate of drug-likeness (QED) is 0.793. The average Bonchev–Trinajstić information content (AvgIpc) is 2.60. The molecule has 1 aromatic carbocycles. The van der Waals surface area contributed by atoms with E-state index in [-0.39, 0.29) is 23.8 Å². The van der Waals surface area contributed by atoms with Crippen LogP contribution in [0.15, 0.2) is 18.2 Å². The van der Waals surface area contributed by atoms with Gasteiger partial charge in [-0.2, -0.15) is 0 Å². The molecule has 5 heteroatoms. The molecule has 0 saturated carbocycles. The molecule has 1 aliphatic carbocycles. The summed E-state index contributed by atoms with van der Waals surface area (Å²) < 4.78 is 10.9.